The van der Waals surface area contributed by atoms with E-state index >= 15 is 0 Å². The van der Waals surface area contributed by atoms with E-state index in [1.54, 1.807) is 50.2 Å². The number of ether oxygens (including phenoxy) is 2. The summed E-state index contributed by atoms with van der Waals surface area (Å²) in [5.74, 6) is -1.64. The number of anilines is 1. The quantitative estimate of drug-likeness (QED) is 0.439. The molecule has 2 unspecified atom stereocenters. The van der Waals surface area contributed by atoms with Crippen molar-refractivity contribution in [1.29, 1.82) is 5.26 Å². The van der Waals surface area contributed by atoms with Crippen LogP contribution in [0.4, 0.5) is 14.5 Å². The Morgan fingerprint density at radius 1 is 1.00 bits per heavy atom. The Labute approximate surface area is 185 Å². The largest absolute Gasteiger partial charge is 0.454 e. The van der Waals surface area contributed by atoms with Gasteiger partial charge >= 0.3 is 5.97 Å². The molecule has 3 aromatic carbocycles. The Morgan fingerprint density at radius 2 is 1.75 bits per heavy atom. The Morgan fingerprint density at radius 3 is 2.41 bits per heavy atom. The van der Waals surface area contributed by atoms with Gasteiger partial charge in [-0.2, -0.15) is 5.26 Å². The van der Waals surface area contributed by atoms with Crippen molar-refractivity contribution in [1.82, 2.24) is 0 Å². The van der Waals surface area contributed by atoms with Crippen molar-refractivity contribution in [2.45, 2.75) is 26.0 Å². The number of halogens is 2. The zero-order chi connectivity index (χ0) is 23.1. The van der Waals surface area contributed by atoms with Gasteiger partial charge in [0.15, 0.2) is 11.6 Å². The molecule has 0 saturated carbocycles. The number of nitriles is 1. The molecule has 0 aliphatic rings. The fourth-order valence-corrected chi connectivity index (χ4v) is 2.99. The first-order chi connectivity index (χ1) is 15.4. The molecule has 0 fully saturated rings. The molecule has 32 heavy (non-hydrogen) atoms. The molecule has 0 bridgehead atoms. The molecule has 3 rings (SSSR count). The molecule has 0 saturated heterocycles. The zero-order valence-corrected chi connectivity index (χ0v) is 17.6. The minimum atomic E-state index is -1.28. The predicted molar refractivity (Wildman–Crippen MR) is 116 cm³/mol. The molecule has 2 atom stereocenters. The van der Waals surface area contributed by atoms with Crippen molar-refractivity contribution in [3.63, 3.8) is 0 Å². The molecular formula is C25H22F2N2O3. The summed E-state index contributed by atoms with van der Waals surface area (Å²) >= 11 is 0. The molecule has 0 aliphatic carbocycles. The van der Waals surface area contributed by atoms with Gasteiger partial charge in [0.05, 0.1) is 0 Å². The van der Waals surface area contributed by atoms with E-state index in [4.69, 9.17) is 9.47 Å². The molecule has 0 amide bonds. The lowest BCUT2D eigenvalue weighted by Crippen LogP contribution is -2.36. The van der Waals surface area contributed by atoms with E-state index < -0.39 is 29.7 Å². The molecule has 0 aliphatic heterocycles. The first-order valence-electron chi connectivity index (χ1n) is 10.0. The molecule has 0 radical (unpaired) electrons. The van der Waals surface area contributed by atoms with Crippen molar-refractivity contribution in [2.24, 2.45) is 5.92 Å². The summed E-state index contributed by atoms with van der Waals surface area (Å²) in [6, 6.07) is 19.3. The Bertz CT molecular complexity index is 1110. The SMILES string of the molecule is CC(C)C(Nc1cccc(F)c1)C(=O)OC(C#N)c1ccc(F)c(Oc2ccccc2)c1. The maximum Gasteiger partial charge on any atom is 0.330 e. The molecule has 0 heterocycles. The number of hydrogen-bond donors (Lipinski definition) is 1. The second-order valence-electron chi connectivity index (χ2n) is 7.43. The highest BCUT2D eigenvalue weighted by Crippen LogP contribution is 2.29. The van der Waals surface area contributed by atoms with E-state index in [9.17, 15) is 18.8 Å². The third-order valence-corrected chi connectivity index (χ3v) is 4.65. The monoisotopic (exact) mass is 436 g/mol. The van der Waals surface area contributed by atoms with Gasteiger partial charge in [-0.05, 0) is 48.4 Å². The normalized spacial score (nSPS) is 12.5. The van der Waals surface area contributed by atoms with Crippen LogP contribution in [0.5, 0.6) is 11.5 Å². The fourth-order valence-electron chi connectivity index (χ4n) is 2.99. The molecule has 7 heteroatoms. The van der Waals surface area contributed by atoms with E-state index in [0.717, 1.165) is 6.07 Å². The molecule has 0 aromatic heterocycles. The van der Waals surface area contributed by atoms with Crippen LogP contribution in [0.1, 0.15) is 25.5 Å². The van der Waals surface area contributed by atoms with Gasteiger partial charge in [0.2, 0.25) is 6.10 Å². The van der Waals surface area contributed by atoms with Crippen LogP contribution in [-0.4, -0.2) is 12.0 Å². The number of nitrogens with zero attached hydrogens (tertiary/aromatic N) is 1. The number of carbonyl (C=O) groups excluding carboxylic acids is 1. The first kappa shape index (κ1) is 22.8. The minimum absolute atomic E-state index is 0.0942. The fraction of sp³-hybridized carbons (Fsp3) is 0.200. The van der Waals surface area contributed by atoms with Crippen LogP contribution in [0.15, 0.2) is 72.8 Å². The molecule has 3 aromatic rings. The minimum Gasteiger partial charge on any atom is -0.454 e. The summed E-state index contributed by atoms with van der Waals surface area (Å²) in [7, 11) is 0. The van der Waals surface area contributed by atoms with E-state index in [1.165, 1.54) is 30.3 Å². The standard InChI is InChI=1S/C25H22F2N2O3/c1-16(2)24(29-19-8-6-7-18(26)14-19)25(30)32-23(15-28)17-11-12-21(27)22(13-17)31-20-9-4-3-5-10-20/h3-14,16,23-24,29H,1-2H3. The van der Waals surface area contributed by atoms with Gasteiger partial charge in [-0.25, -0.2) is 13.6 Å². The van der Waals surface area contributed by atoms with Gasteiger partial charge in [-0.15, -0.1) is 0 Å². The third-order valence-electron chi connectivity index (χ3n) is 4.65. The highest BCUT2D eigenvalue weighted by molar-refractivity contribution is 5.80. The lowest BCUT2D eigenvalue weighted by atomic mass is 10.0. The summed E-state index contributed by atoms with van der Waals surface area (Å²) in [5, 5.41) is 12.5. The average molecular weight is 436 g/mol. The maximum atomic E-state index is 14.2. The van der Waals surface area contributed by atoms with Gasteiger partial charge in [0, 0.05) is 11.3 Å². The Hall–Kier alpha value is -3.92. The molecule has 164 valence electrons. The Balaban J connectivity index is 1.78. The van der Waals surface area contributed by atoms with E-state index in [0.29, 0.717) is 11.4 Å². The lowest BCUT2D eigenvalue weighted by Gasteiger charge is -2.23. The van der Waals surface area contributed by atoms with E-state index in [-0.39, 0.29) is 17.2 Å². The number of hydrogen-bond acceptors (Lipinski definition) is 5. The number of para-hydroxylation sites is 1. The van der Waals surface area contributed by atoms with Crippen LogP contribution in [0, 0.1) is 28.9 Å². The number of nitrogens with one attached hydrogen (secondary N) is 1. The van der Waals surface area contributed by atoms with Crippen LogP contribution in [-0.2, 0) is 9.53 Å². The van der Waals surface area contributed by atoms with Crippen molar-refractivity contribution in [2.75, 3.05) is 5.32 Å². The summed E-state index contributed by atoms with van der Waals surface area (Å²) in [4.78, 5) is 12.8. The number of rotatable bonds is 8. The van der Waals surface area contributed by atoms with Gasteiger partial charge in [0.1, 0.15) is 23.7 Å². The van der Waals surface area contributed by atoms with E-state index in [1.807, 2.05) is 6.07 Å². The highest BCUT2D eigenvalue weighted by atomic mass is 19.1. The Kier molecular flexibility index (Phi) is 7.40. The van der Waals surface area contributed by atoms with Crippen LogP contribution in [0.2, 0.25) is 0 Å². The summed E-state index contributed by atoms with van der Waals surface area (Å²) < 4.78 is 38.7. The average Bonchev–Trinajstić information content (AvgIpc) is 2.78. The van der Waals surface area contributed by atoms with Gasteiger partial charge in [-0.3, -0.25) is 0 Å². The summed E-state index contributed by atoms with van der Waals surface area (Å²) in [6.07, 6.45) is -1.28. The maximum absolute atomic E-state index is 14.2. The van der Waals surface area contributed by atoms with Gasteiger partial charge < -0.3 is 14.8 Å². The van der Waals surface area contributed by atoms with Crippen LogP contribution < -0.4 is 10.1 Å². The second kappa shape index (κ2) is 10.4. The molecule has 0 spiro atoms. The highest BCUT2D eigenvalue weighted by Gasteiger charge is 2.28. The number of carbonyl (C=O) groups is 1. The smallest absolute Gasteiger partial charge is 0.330 e. The summed E-state index contributed by atoms with van der Waals surface area (Å²) in [5.41, 5.74) is 0.677. The molecular weight excluding hydrogens is 414 g/mol. The first-order valence-corrected chi connectivity index (χ1v) is 10.0. The van der Waals surface area contributed by atoms with Crippen molar-refractivity contribution in [3.8, 4) is 17.6 Å². The van der Waals surface area contributed by atoms with Crippen molar-refractivity contribution >= 4 is 11.7 Å². The van der Waals surface area contributed by atoms with Crippen molar-refractivity contribution < 1.29 is 23.0 Å². The van der Waals surface area contributed by atoms with Crippen LogP contribution >= 0.6 is 0 Å². The molecule has 5 nitrogen and oxygen atoms in total. The number of benzene rings is 3. The van der Waals surface area contributed by atoms with Crippen molar-refractivity contribution in [3.05, 3.63) is 90.0 Å². The topological polar surface area (TPSA) is 71.3 Å². The predicted octanol–water partition coefficient (Wildman–Crippen LogP) is 6.00. The summed E-state index contributed by atoms with van der Waals surface area (Å²) in [6.45, 7) is 3.59. The lowest BCUT2D eigenvalue weighted by molar-refractivity contribution is -0.148. The number of esters is 1. The molecule has 1 N–H and O–H groups in total. The van der Waals surface area contributed by atoms with Gasteiger partial charge in [-0.1, -0.05) is 44.2 Å². The van der Waals surface area contributed by atoms with E-state index in [2.05, 4.69) is 5.32 Å². The van der Waals surface area contributed by atoms with Crippen LogP contribution in [0.25, 0.3) is 0 Å². The second-order valence-corrected chi connectivity index (χ2v) is 7.43. The van der Waals surface area contributed by atoms with Gasteiger partial charge in [0.25, 0.3) is 0 Å². The third kappa shape index (κ3) is 5.82. The van der Waals surface area contributed by atoms with Crippen LogP contribution in [0.3, 0.4) is 0 Å². The zero-order valence-electron chi connectivity index (χ0n) is 17.6.